The van der Waals surface area contributed by atoms with Crippen LogP contribution in [0.1, 0.15) is 12.8 Å². The molecule has 0 bridgehead atoms. The third-order valence-electron chi connectivity index (χ3n) is 19.5. The summed E-state index contributed by atoms with van der Waals surface area (Å²) in [6.07, 6.45) is 1.57. The van der Waals surface area contributed by atoms with E-state index in [9.17, 15) is 61.6 Å². The Hall–Kier alpha value is -13.4. The number of anilines is 21. The zero-order valence-electron chi connectivity index (χ0n) is 71.0. The van der Waals surface area contributed by atoms with Gasteiger partial charge in [0.1, 0.15) is 23.8 Å². The lowest BCUT2D eigenvalue weighted by atomic mass is 10.2. The van der Waals surface area contributed by atoms with Gasteiger partial charge in [-0.1, -0.05) is 56.1 Å². The maximum Gasteiger partial charge on any atom is 0.407 e. The Balaban J connectivity index is 0.000000184. The summed E-state index contributed by atoms with van der Waals surface area (Å²) in [6.45, 7) is 12.1. The van der Waals surface area contributed by atoms with Crippen LogP contribution in [0.25, 0.3) is 0 Å². The third-order valence-corrected chi connectivity index (χ3v) is 24.8. The minimum absolute atomic E-state index is 0.000463. The molecule has 670 valence electrons. The Morgan fingerprint density at radius 1 is 0.444 bits per heavy atom. The van der Waals surface area contributed by atoms with Gasteiger partial charge in [-0.05, 0) is 128 Å². The number of aromatic nitrogens is 6. The quantitative estimate of drug-likeness (QED) is 0.0161. The molecular weight excluding hydrogens is 1700 g/mol. The van der Waals surface area contributed by atoms with Gasteiger partial charge in [-0.3, -0.25) is 14.4 Å². The minimum Gasteiger partial charge on any atom is -0.494 e. The minimum atomic E-state index is -4.78. The van der Waals surface area contributed by atoms with Crippen molar-refractivity contribution in [2.45, 2.75) is 31.5 Å². The van der Waals surface area contributed by atoms with Gasteiger partial charge in [0.2, 0.25) is 35.6 Å². The molecule has 0 spiro atoms. The number of ether oxygens (including phenoxy) is 3. The Kier molecular flexibility index (Phi) is 29.3. The lowest BCUT2D eigenvalue weighted by molar-refractivity contribution is -0.117. The van der Waals surface area contributed by atoms with E-state index >= 15 is 0 Å². The molecule has 1 fully saturated rings. The summed E-state index contributed by atoms with van der Waals surface area (Å²) in [7, 11) is 8.96. The summed E-state index contributed by atoms with van der Waals surface area (Å²) < 4.78 is 170. The SMILES string of the molecule is C=CC(=O)Nc1cc(Nc2nccc(N3c4ccccc4N(C4CC4)S3(=O)=O)n2)c(OC)cc1N(C)CCN(C)C.C=CC(=O)Nc1cc(Nc2nccc(N3c4ccccc4N(CC(F)(F)F)S3(=O)=O)n2)c(OC)cc1N(C)CCN(C)C.C=CC(=O)Nc1cc(Nc2nccc(N3c4ccccc4N(CC(F)F)S3(=O)=O)n2)c(OC)cc1N(C)CCN(C)C. The maximum absolute atomic E-state index is 13.7. The predicted molar refractivity (Wildman–Crippen MR) is 482 cm³/mol. The number of hydrogen-bond acceptors (Lipinski definition) is 27. The number of methoxy groups -OCH3 is 3. The van der Waals surface area contributed by atoms with Gasteiger partial charge >= 0.3 is 36.8 Å². The van der Waals surface area contributed by atoms with E-state index in [1.165, 1.54) is 96.0 Å². The maximum atomic E-state index is 13.7. The number of hydrogen-bond donors (Lipinski definition) is 6. The molecule has 3 aromatic heterocycles. The number of likely N-dealkylation sites (N-methyl/N-ethyl adjacent to an activating group) is 6. The molecular formula is C82H97F5N24O12S3. The van der Waals surface area contributed by atoms with E-state index in [2.05, 4.69) is 86.4 Å². The lowest BCUT2D eigenvalue weighted by Crippen LogP contribution is -2.41. The van der Waals surface area contributed by atoms with Gasteiger partial charge in [-0.15, -0.1) is 0 Å². The highest BCUT2D eigenvalue weighted by atomic mass is 32.2. The molecule has 4 aliphatic rings. The van der Waals surface area contributed by atoms with Crippen LogP contribution in [0.4, 0.5) is 143 Å². The Labute approximate surface area is 727 Å². The van der Waals surface area contributed by atoms with Gasteiger partial charge in [0, 0.05) is 121 Å². The highest BCUT2D eigenvalue weighted by Gasteiger charge is 2.50. The zero-order valence-corrected chi connectivity index (χ0v) is 73.4. The first-order chi connectivity index (χ1) is 59.8. The molecule has 44 heteroatoms. The number of nitrogens with zero attached hydrogens (tertiary/aromatic N) is 18. The number of fused-ring (bicyclic) bond motifs is 3. The first-order valence-corrected chi connectivity index (χ1v) is 43.0. The second-order valence-electron chi connectivity index (χ2n) is 29.4. The molecule has 13 rings (SSSR count). The predicted octanol–water partition coefficient (Wildman–Crippen LogP) is 11.7. The number of para-hydroxylation sites is 6. The van der Waals surface area contributed by atoms with Crippen LogP contribution in [0.5, 0.6) is 17.2 Å². The molecule has 0 unspecified atom stereocenters. The fraction of sp³-hybridized carbons (Fsp3) is 0.305. The molecule has 6 N–H and O–H groups in total. The lowest BCUT2D eigenvalue weighted by Gasteiger charge is -2.26. The molecule has 1 saturated carbocycles. The number of alkyl halides is 5. The van der Waals surface area contributed by atoms with Crippen molar-refractivity contribution in [3.8, 4) is 17.2 Å². The molecule has 36 nitrogen and oxygen atoms in total. The van der Waals surface area contributed by atoms with Crippen LogP contribution in [0.3, 0.4) is 0 Å². The monoisotopic (exact) mass is 1800 g/mol. The summed E-state index contributed by atoms with van der Waals surface area (Å²) in [5.74, 6) is 0.0577. The second kappa shape index (κ2) is 39.6. The van der Waals surface area contributed by atoms with Gasteiger partial charge in [0.05, 0.1) is 113 Å². The van der Waals surface area contributed by atoms with Crippen LogP contribution < -0.4 is 86.6 Å². The van der Waals surface area contributed by atoms with E-state index in [-0.39, 0.29) is 70.0 Å². The number of carbonyl (C=O) groups excluding carboxylic acids is 3. The summed E-state index contributed by atoms with van der Waals surface area (Å²) in [5.41, 5.74) is 6.04. The molecule has 126 heavy (non-hydrogen) atoms. The number of rotatable bonds is 34. The number of carbonyl (C=O) groups is 3. The van der Waals surface area contributed by atoms with Gasteiger partial charge < -0.3 is 75.5 Å². The van der Waals surface area contributed by atoms with Crippen molar-refractivity contribution in [2.75, 3.05) is 210 Å². The highest BCUT2D eigenvalue weighted by molar-refractivity contribution is 7.95. The van der Waals surface area contributed by atoms with Crippen molar-refractivity contribution < 1.29 is 75.8 Å². The van der Waals surface area contributed by atoms with Gasteiger partial charge in [0.25, 0.3) is 6.43 Å². The van der Waals surface area contributed by atoms with E-state index in [1.54, 1.807) is 67.8 Å². The molecule has 6 aromatic carbocycles. The third kappa shape index (κ3) is 21.5. The fourth-order valence-corrected chi connectivity index (χ4v) is 18.5. The Morgan fingerprint density at radius 2 is 0.746 bits per heavy atom. The molecule has 0 atom stereocenters. The molecule has 6 heterocycles. The van der Waals surface area contributed by atoms with E-state index in [0.29, 0.717) is 102 Å². The topological polar surface area (TPSA) is 370 Å². The number of benzene rings is 6. The van der Waals surface area contributed by atoms with Crippen LogP contribution in [0.2, 0.25) is 0 Å². The molecule has 0 saturated heterocycles. The molecule has 3 amide bonds. The highest BCUT2D eigenvalue weighted by Crippen LogP contribution is 2.52. The van der Waals surface area contributed by atoms with E-state index in [4.69, 9.17) is 14.2 Å². The van der Waals surface area contributed by atoms with Crippen LogP contribution >= 0.6 is 0 Å². The van der Waals surface area contributed by atoms with Crippen molar-refractivity contribution in [3.05, 3.63) is 184 Å². The van der Waals surface area contributed by atoms with Crippen molar-refractivity contribution in [1.82, 2.24) is 44.6 Å². The van der Waals surface area contributed by atoms with Gasteiger partial charge in [-0.25, -0.2) is 49.6 Å². The second-order valence-corrected chi connectivity index (χ2v) is 34.5. The van der Waals surface area contributed by atoms with Crippen LogP contribution in [-0.2, 0) is 45.0 Å². The molecule has 3 aliphatic heterocycles. The van der Waals surface area contributed by atoms with Crippen molar-refractivity contribution in [1.29, 1.82) is 0 Å². The standard InChI is InChI=1S/C28H34N8O4S.C27H31F3N8O4S.C27H32F2N8O4S/c1-6-27(37)30-20-17-21(25(40-5)18-24(20)34(4)16-15-33(2)3)31-28-29-14-13-26(32-28)36-23-10-8-7-9-22(23)35(19-11-12-19)41(36,38)39;1-6-25(39)32-18-15-19(23(42-5)16-22(18)36(4)14-13-35(2)3)33-26-31-12-11-24(34-26)38-21-10-8-7-9-20(21)37(43(38,40)41)17-27(28,29)30;1-6-26(38)31-18-15-19(23(41-5)16-22(18)35(4)14-13-34(2)3)32-27-30-12-11-25(33-27)37-21-10-8-7-9-20(21)36(17-24(28)29)42(37,39)40/h6-10,13-14,17-19H,1,11-12,15-16H2,2-5H3,(H,30,37)(H,29,31,32);6-12,15-16H,1,13-14,17H2,2-5H3,(H,32,39)(H,31,33,34);6-12,15-16,24H,1,13-14,17H2,2-5H3,(H,31,38)(H,30,32,33). The summed E-state index contributed by atoms with van der Waals surface area (Å²) >= 11 is 0. The Bertz CT molecular complexity index is 5890. The van der Waals surface area contributed by atoms with Crippen molar-refractivity contribution in [2.24, 2.45) is 0 Å². The number of halogens is 5. The zero-order chi connectivity index (χ0) is 91.4. The van der Waals surface area contributed by atoms with Crippen LogP contribution in [0.15, 0.2) is 184 Å². The summed E-state index contributed by atoms with van der Waals surface area (Å²) in [6, 6.07) is 33.4. The summed E-state index contributed by atoms with van der Waals surface area (Å²) in [4.78, 5) is 74.8. The molecule has 9 aromatic rings. The van der Waals surface area contributed by atoms with E-state index in [0.717, 1.165) is 58.9 Å². The first-order valence-electron chi connectivity index (χ1n) is 38.8. The summed E-state index contributed by atoms with van der Waals surface area (Å²) in [5, 5.41) is 17.6. The number of nitrogens with one attached hydrogen (secondary N) is 6. The average molecular weight is 1800 g/mol. The van der Waals surface area contributed by atoms with E-state index < -0.39 is 68.1 Å². The molecule has 1 aliphatic carbocycles. The van der Waals surface area contributed by atoms with Crippen molar-refractivity contribution in [3.63, 3.8) is 0 Å². The van der Waals surface area contributed by atoms with E-state index in [1.807, 2.05) is 106 Å². The van der Waals surface area contributed by atoms with Gasteiger partial charge in [-0.2, -0.15) is 53.4 Å². The molecule has 0 radical (unpaired) electrons. The van der Waals surface area contributed by atoms with Crippen molar-refractivity contribution >= 4 is 169 Å². The average Bonchev–Trinajstić information content (AvgIpc) is 1.58. The fourth-order valence-electron chi connectivity index (χ4n) is 13.3. The smallest absolute Gasteiger partial charge is 0.407 e. The first kappa shape index (κ1) is 93.3. The van der Waals surface area contributed by atoms with Crippen LogP contribution in [-0.4, -0.2) is 243 Å². The number of amides is 3. The largest absolute Gasteiger partial charge is 0.494 e. The normalized spacial score (nSPS) is 14.4. The van der Waals surface area contributed by atoms with Gasteiger partial charge in [0.15, 0.2) is 17.5 Å². The Morgan fingerprint density at radius 3 is 1.05 bits per heavy atom. The van der Waals surface area contributed by atoms with Crippen LogP contribution in [0, 0.1) is 0 Å².